The summed E-state index contributed by atoms with van der Waals surface area (Å²) in [5, 5.41) is 2.73. The highest BCUT2D eigenvalue weighted by Crippen LogP contribution is 2.21. The first kappa shape index (κ1) is 15.3. The van der Waals surface area contributed by atoms with Gasteiger partial charge in [-0.25, -0.2) is 9.78 Å². The van der Waals surface area contributed by atoms with Crippen LogP contribution in [0.25, 0.3) is 0 Å². The summed E-state index contributed by atoms with van der Waals surface area (Å²) in [6.07, 6.45) is 2.59. The predicted octanol–water partition coefficient (Wildman–Crippen LogP) is 2.42. The van der Waals surface area contributed by atoms with Gasteiger partial charge in [0.1, 0.15) is 17.5 Å². The number of rotatable bonds is 2. The van der Waals surface area contributed by atoms with Crippen LogP contribution in [0.4, 0.5) is 10.6 Å². The maximum Gasteiger partial charge on any atom is 0.410 e. The SMILES string of the molecule is CC(C)(C)OC(=O)N1CCCC1C(=O)Nc1ccccn1. The van der Waals surface area contributed by atoms with E-state index in [-0.39, 0.29) is 5.91 Å². The molecule has 1 aromatic heterocycles. The fourth-order valence-electron chi connectivity index (χ4n) is 2.22. The van der Waals surface area contributed by atoms with E-state index in [1.807, 2.05) is 20.8 Å². The van der Waals surface area contributed by atoms with Crippen LogP contribution in [0, 0.1) is 0 Å². The Kier molecular flexibility index (Phi) is 4.45. The smallest absolute Gasteiger partial charge is 0.410 e. The zero-order valence-corrected chi connectivity index (χ0v) is 12.6. The summed E-state index contributed by atoms with van der Waals surface area (Å²) in [6.45, 7) is 5.97. The number of hydrogen-bond donors (Lipinski definition) is 1. The van der Waals surface area contributed by atoms with Crippen LogP contribution >= 0.6 is 0 Å². The molecular formula is C15H21N3O3. The summed E-state index contributed by atoms with van der Waals surface area (Å²) < 4.78 is 5.34. The lowest BCUT2D eigenvalue weighted by molar-refractivity contribution is -0.120. The number of amides is 2. The summed E-state index contributed by atoms with van der Waals surface area (Å²) in [5.74, 6) is 0.260. The number of pyridine rings is 1. The highest BCUT2D eigenvalue weighted by atomic mass is 16.6. The molecule has 1 unspecified atom stereocenters. The lowest BCUT2D eigenvalue weighted by Crippen LogP contribution is -2.45. The van der Waals surface area contributed by atoms with Gasteiger partial charge in [0, 0.05) is 12.7 Å². The molecule has 1 N–H and O–H groups in total. The zero-order chi connectivity index (χ0) is 15.5. The van der Waals surface area contributed by atoms with Gasteiger partial charge in [0.05, 0.1) is 0 Å². The molecule has 0 saturated carbocycles. The van der Waals surface area contributed by atoms with Crippen molar-refractivity contribution < 1.29 is 14.3 Å². The Morgan fingerprint density at radius 2 is 2.14 bits per heavy atom. The van der Waals surface area contributed by atoms with Crippen LogP contribution in [-0.2, 0) is 9.53 Å². The molecule has 2 rings (SSSR count). The first-order chi connectivity index (χ1) is 9.87. The van der Waals surface area contributed by atoms with Crippen molar-refractivity contribution in [1.82, 2.24) is 9.88 Å². The van der Waals surface area contributed by atoms with Gasteiger partial charge in [0.25, 0.3) is 0 Å². The molecule has 0 radical (unpaired) electrons. The Morgan fingerprint density at radius 3 is 2.76 bits per heavy atom. The molecule has 1 aliphatic heterocycles. The fraction of sp³-hybridized carbons (Fsp3) is 0.533. The molecule has 1 saturated heterocycles. The second-order valence-corrected chi connectivity index (χ2v) is 6.04. The molecule has 6 nitrogen and oxygen atoms in total. The first-order valence-corrected chi connectivity index (χ1v) is 7.08. The Balaban J connectivity index is 2.01. The van der Waals surface area contributed by atoms with Crippen LogP contribution in [0.3, 0.4) is 0 Å². The fourth-order valence-corrected chi connectivity index (χ4v) is 2.22. The molecular weight excluding hydrogens is 270 g/mol. The van der Waals surface area contributed by atoms with Crippen molar-refractivity contribution in [2.24, 2.45) is 0 Å². The minimum Gasteiger partial charge on any atom is -0.444 e. The Labute approximate surface area is 124 Å². The zero-order valence-electron chi connectivity index (χ0n) is 12.6. The Hall–Kier alpha value is -2.11. The van der Waals surface area contributed by atoms with Gasteiger partial charge in [0.15, 0.2) is 0 Å². The molecule has 2 heterocycles. The lowest BCUT2D eigenvalue weighted by Gasteiger charge is -2.27. The summed E-state index contributed by atoms with van der Waals surface area (Å²) in [7, 11) is 0. The Morgan fingerprint density at radius 1 is 1.38 bits per heavy atom. The molecule has 0 aliphatic carbocycles. The highest BCUT2D eigenvalue weighted by molar-refractivity contribution is 5.96. The number of carbonyl (C=O) groups is 2. The Bertz CT molecular complexity index is 511. The topological polar surface area (TPSA) is 71.5 Å². The van der Waals surface area contributed by atoms with Gasteiger partial charge >= 0.3 is 6.09 Å². The van der Waals surface area contributed by atoms with E-state index >= 15 is 0 Å². The van der Waals surface area contributed by atoms with Crippen molar-refractivity contribution in [2.45, 2.75) is 45.3 Å². The number of nitrogens with zero attached hydrogens (tertiary/aromatic N) is 2. The van der Waals surface area contributed by atoms with Gasteiger partial charge in [-0.3, -0.25) is 9.69 Å². The van der Waals surface area contributed by atoms with Gasteiger partial charge in [-0.1, -0.05) is 6.07 Å². The largest absolute Gasteiger partial charge is 0.444 e. The molecule has 2 amide bonds. The minimum atomic E-state index is -0.568. The van der Waals surface area contributed by atoms with Crippen molar-refractivity contribution in [3.05, 3.63) is 24.4 Å². The second kappa shape index (κ2) is 6.11. The monoisotopic (exact) mass is 291 g/mol. The normalized spacial score (nSPS) is 18.4. The van der Waals surface area contributed by atoms with Crippen molar-refractivity contribution >= 4 is 17.8 Å². The average Bonchev–Trinajstić information content (AvgIpc) is 2.87. The molecule has 1 aromatic rings. The summed E-state index contributed by atoms with van der Waals surface area (Å²) >= 11 is 0. The summed E-state index contributed by atoms with van der Waals surface area (Å²) in [6, 6.07) is 4.79. The van der Waals surface area contributed by atoms with Crippen molar-refractivity contribution in [3.63, 3.8) is 0 Å². The number of nitrogens with one attached hydrogen (secondary N) is 1. The molecule has 1 atom stereocenters. The predicted molar refractivity (Wildman–Crippen MR) is 78.8 cm³/mol. The maximum atomic E-state index is 12.3. The molecule has 1 fully saturated rings. The molecule has 0 bridgehead atoms. The average molecular weight is 291 g/mol. The van der Waals surface area contributed by atoms with Gasteiger partial charge in [-0.15, -0.1) is 0 Å². The number of ether oxygens (including phenoxy) is 1. The van der Waals surface area contributed by atoms with Crippen LogP contribution in [-0.4, -0.2) is 40.1 Å². The highest BCUT2D eigenvalue weighted by Gasteiger charge is 2.36. The van der Waals surface area contributed by atoms with Crippen molar-refractivity contribution in [3.8, 4) is 0 Å². The van der Waals surface area contributed by atoms with Gasteiger partial charge < -0.3 is 10.1 Å². The third-order valence-electron chi connectivity index (χ3n) is 3.10. The third kappa shape index (κ3) is 4.18. The molecule has 0 spiro atoms. The molecule has 114 valence electrons. The van der Waals surface area contributed by atoms with E-state index in [0.717, 1.165) is 6.42 Å². The number of carbonyl (C=O) groups excluding carboxylic acids is 2. The molecule has 21 heavy (non-hydrogen) atoms. The van der Waals surface area contributed by atoms with Crippen LogP contribution in [0.1, 0.15) is 33.6 Å². The third-order valence-corrected chi connectivity index (χ3v) is 3.10. The minimum absolute atomic E-state index is 0.225. The van der Waals surface area contributed by atoms with Crippen LogP contribution in [0.15, 0.2) is 24.4 Å². The van der Waals surface area contributed by atoms with E-state index in [0.29, 0.717) is 18.8 Å². The van der Waals surface area contributed by atoms with Crippen LogP contribution in [0.5, 0.6) is 0 Å². The number of likely N-dealkylation sites (tertiary alicyclic amines) is 1. The maximum absolute atomic E-state index is 12.3. The summed E-state index contributed by atoms with van der Waals surface area (Å²) in [5.41, 5.74) is -0.568. The van der Waals surface area contributed by atoms with Gasteiger partial charge in [0.2, 0.25) is 5.91 Å². The van der Waals surface area contributed by atoms with Crippen molar-refractivity contribution in [1.29, 1.82) is 0 Å². The van der Waals surface area contributed by atoms with E-state index in [9.17, 15) is 9.59 Å². The van der Waals surface area contributed by atoms with E-state index in [1.54, 1.807) is 24.4 Å². The molecule has 1 aliphatic rings. The number of aromatic nitrogens is 1. The van der Waals surface area contributed by atoms with E-state index < -0.39 is 17.7 Å². The molecule has 0 aromatic carbocycles. The standard InChI is InChI=1S/C15H21N3O3/c1-15(2,3)21-14(20)18-10-6-7-11(18)13(19)17-12-8-4-5-9-16-12/h4-5,8-9,11H,6-7,10H2,1-3H3,(H,16,17,19). The quantitative estimate of drug-likeness (QED) is 0.908. The van der Waals surface area contributed by atoms with Crippen LogP contribution < -0.4 is 5.32 Å². The number of anilines is 1. The molecule has 6 heteroatoms. The van der Waals surface area contributed by atoms with E-state index in [4.69, 9.17) is 4.74 Å². The van der Waals surface area contributed by atoms with Gasteiger partial charge in [-0.05, 0) is 45.7 Å². The van der Waals surface area contributed by atoms with Crippen molar-refractivity contribution in [2.75, 3.05) is 11.9 Å². The second-order valence-electron chi connectivity index (χ2n) is 6.04. The number of hydrogen-bond acceptors (Lipinski definition) is 4. The van der Waals surface area contributed by atoms with Gasteiger partial charge in [-0.2, -0.15) is 0 Å². The summed E-state index contributed by atoms with van der Waals surface area (Å²) in [4.78, 5) is 30.0. The first-order valence-electron chi connectivity index (χ1n) is 7.08. The lowest BCUT2D eigenvalue weighted by atomic mass is 10.2. The van der Waals surface area contributed by atoms with E-state index in [1.165, 1.54) is 4.90 Å². The van der Waals surface area contributed by atoms with Crippen LogP contribution in [0.2, 0.25) is 0 Å². The van der Waals surface area contributed by atoms with E-state index in [2.05, 4.69) is 10.3 Å².